The van der Waals surface area contributed by atoms with Gasteiger partial charge in [0.05, 0.1) is 17.8 Å². The van der Waals surface area contributed by atoms with Gasteiger partial charge in [0.25, 0.3) is 0 Å². The second kappa shape index (κ2) is 10.9. The summed E-state index contributed by atoms with van der Waals surface area (Å²) in [6.45, 7) is 6.56. The minimum absolute atomic E-state index is 0.0544. The molecule has 1 unspecified atom stereocenters. The van der Waals surface area contributed by atoms with Gasteiger partial charge in [-0.15, -0.1) is 0 Å². The van der Waals surface area contributed by atoms with Crippen molar-refractivity contribution in [1.29, 1.82) is 0 Å². The van der Waals surface area contributed by atoms with Gasteiger partial charge in [0.2, 0.25) is 0 Å². The Morgan fingerprint density at radius 2 is 1.92 bits per heavy atom. The second-order valence-corrected chi connectivity index (χ2v) is 10.4. The van der Waals surface area contributed by atoms with Crippen molar-refractivity contribution < 1.29 is 14.3 Å². The average molecular weight is 515 g/mol. The van der Waals surface area contributed by atoms with Gasteiger partial charge < -0.3 is 19.8 Å². The van der Waals surface area contributed by atoms with Crippen molar-refractivity contribution in [2.75, 3.05) is 19.0 Å². The predicted octanol–water partition coefficient (Wildman–Crippen LogP) is 7.17. The number of anilines is 1. The number of benzene rings is 2. The Morgan fingerprint density at radius 3 is 2.53 bits per heavy atom. The number of hydrogen-bond donors (Lipinski definition) is 2. The summed E-state index contributed by atoms with van der Waals surface area (Å²) in [7, 11) is 1.76. The fraction of sp³-hybridized carbons (Fsp3) is 0.419. The summed E-state index contributed by atoms with van der Waals surface area (Å²) < 4.78 is 13.8. The zero-order chi connectivity index (χ0) is 26.8. The Bertz CT molecular complexity index is 1380. The molecule has 1 atom stereocenters. The number of ether oxygens (including phenoxy) is 2. The monoisotopic (exact) mass is 514 g/mol. The van der Waals surface area contributed by atoms with E-state index < -0.39 is 6.09 Å². The lowest BCUT2D eigenvalue weighted by Crippen LogP contribution is -2.21. The number of hydrogen-bond acceptors (Lipinski definition) is 5. The molecule has 7 heteroatoms. The first-order valence-electron chi connectivity index (χ1n) is 13.7. The lowest BCUT2D eigenvalue weighted by atomic mass is 9.92. The summed E-state index contributed by atoms with van der Waals surface area (Å²) >= 11 is 0. The maximum atomic E-state index is 12.4. The van der Waals surface area contributed by atoms with Crippen LogP contribution >= 0.6 is 0 Å². The summed E-state index contributed by atoms with van der Waals surface area (Å²) in [6, 6.07) is 14.6. The highest BCUT2D eigenvalue weighted by molar-refractivity contribution is 6.04. The van der Waals surface area contributed by atoms with E-state index in [1.54, 1.807) is 7.05 Å². The van der Waals surface area contributed by atoms with Crippen LogP contribution in [-0.2, 0) is 4.74 Å². The third-order valence-corrected chi connectivity index (χ3v) is 7.73. The van der Waals surface area contributed by atoms with Crippen LogP contribution in [0.25, 0.3) is 27.9 Å². The van der Waals surface area contributed by atoms with E-state index in [2.05, 4.69) is 27.0 Å². The summed E-state index contributed by atoms with van der Waals surface area (Å²) in [4.78, 5) is 16.6. The fourth-order valence-corrected chi connectivity index (χ4v) is 5.28. The van der Waals surface area contributed by atoms with Crippen LogP contribution in [0.15, 0.2) is 53.0 Å². The summed E-state index contributed by atoms with van der Waals surface area (Å²) in [5.74, 6) is 1.35. The molecule has 2 aliphatic rings. The molecule has 7 nitrogen and oxygen atoms in total. The van der Waals surface area contributed by atoms with Crippen molar-refractivity contribution in [2.24, 2.45) is 16.6 Å². The van der Waals surface area contributed by atoms with Crippen molar-refractivity contribution in [3.63, 3.8) is 0 Å². The van der Waals surface area contributed by atoms with Gasteiger partial charge in [0.1, 0.15) is 11.9 Å². The molecule has 3 aromatic rings. The van der Waals surface area contributed by atoms with Crippen LogP contribution in [0.4, 0.5) is 10.5 Å². The number of amides is 1. The SMILES string of the molecule is CCOc1ccc2c(C(N)=C(C)C=NC)c(-c3ccc(NC(=O)OC(C)C4CC4)cc3)n(C3CCC3)c2c1. The van der Waals surface area contributed by atoms with Crippen molar-refractivity contribution >= 4 is 34.6 Å². The molecule has 1 heterocycles. The number of fused-ring (bicyclic) bond motifs is 1. The van der Waals surface area contributed by atoms with Gasteiger partial charge in [-0.1, -0.05) is 12.1 Å². The van der Waals surface area contributed by atoms with E-state index in [-0.39, 0.29) is 6.10 Å². The standard InChI is InChI=1S/C31H38N4O3/c1-5-37-25-15-16-26-27(17-25)35(24-7-6-8-24)30(28(26)29(32)19(2)18-33-4)22-11-13-23(14-12-22)34-31(36)38-20(3)21-9-10-21/h11-18,20-21,24H,5-10,32H2,1-4H3,(H,34,36). The highest BCUT2D eigenvalue weighted by Gasteiger charge is 2.31. The van der Waals surface area contributed by atoms with E-state index in [9.17, 15) is 4.79 Å². The number of carbonyl (C=O) groups excluding carboxylic acids is 1. The molecule has 3 N–H and O–H groups in total. The molecular weight excluding hydrogens is 476 g/mol. The van der Waals surface area contributed by atoms with E-state index in [0.717, 1.165) is 64.7 Å². The number of aliphatic imine (C=N–C) groups is 1. The first-order chi connectivity index (χ1) is 18.4. The molecule has 0 saturated heterocycles. The van der Waals surface area contributed by atoms with E-state index >= 15 is 0 Å². The van der Waals surface area contributed by atoms with Crippen molar-refractivity contribution in [1.82, 2.24) is 4.57 Å². The summed E-state index contributed by atoms with van der Waals surface area (Å²) in [6.07, 6.45) is 7.06. The highest BCUT2D eigenvalue weighted by atomic mass is 16.6. The molecule has 2 aromatic carbocycles. The summed E-state index contributed by atoms with van der Waals surface area (Å²) in [5, 5.41) is 3.97. The number of rotatable bonds is 9. The molecule has 0 spiro atoms. The lowest BCUT2D eigenvalue weighted by Gasteiger charge is -2.30. The molecule has 2 saturated carbocycles. The van der Waals surface area contributed by atoms with Crippen LogP contribution in [0.5, 0.6) is 5.75 Å². The predicted molar refractivity (Wildman–Crippen MR) is 155 cm³/mol. The third kappa shape index (κ3) is 5.15. The second-order valence-electron chi connectivity index (χ2n) is 10.4. The number of allylic oxidation sites excluding steroid dienone is 1. The molecule has 1 amide bonds. The van der Waals surface area contributed by atoms with Gasteiger partial charge in [0.15, 0.2) is 0 Å². The van der Waals surface area contributed by atoms with Crippen LogP contribution in [0, 0.1) is 5.92 Å². The Morgan fingerprint density at radius 1 is 1.18 bits per heavy atom. The molecular formula is C31H38N4O3. The van der Waals surface area contributed by atoms with Crippen molar-refractivity contribution in [3.05, 3.63) is 53.6 Å². The molecule has 5 rings (SSSR count). The maximum absolute atomic E-state index is 12.4. The van der Waals surface area contributed by atoms with Gasteiger partial charge in [-0.3, -0.25) is 10.3 Å². The minimum atomic E-state index is -0.411. The fourth-order valence-electron chi connectivity index (χ4n) is 5.28. The van der Waals surface area contributed by atoms with E-state index in [1.165, 1.54) is 6.42 Å². The highest BCUT2D eigenvalue weighted by Crippen LogP contribution is 2.45. The normalized spacial score (nSPS) is 17.3. The molecule has 0 radical (unpaired) electrons. The number of nitrogens with zero attached hydrogens (tertiary/aromatic N) is 2. The van der Waals surface area contributed by atoms with Crippen molar-refractivity contribution in [2.45, 2.75) is 65.0 Å². The molecule has 38 heavy (non-hydrogen) atoms. The van der Waals surface area contributed by atoms with Crippen LogP contribution in [0.3, 0.4) is 0 Å². The first kappa shape index (κ1) is 25.9. The van der Waals surface area contributed by atoms with Crippen LogP contribution < -0.4 is 15.8 Å². The van der Waals surface area contributed by atoms with E-state index in [1.807, 2.05) is 57.3 Å². The zero-order valence-corrected chi connectivity index (χ0v) is 22.8. The molecule has 2 aliphatic carbocycles. The number of carbonyl (C=O) groups is 1. The van der Waals surface area contributed by atoms with Crippen LogP contribution in [0.2, 0.25) is 0 Å². The Hall–Kier alpha value is -3.74. The lowest BCUT2D eigenvalue weighted by molar-refractivity contribution is 0.108. The smallest absolute Gasteiger partial charge is 0.411 e. The number of nitrogens with two attached hydrogens (primary N) is 1. The van der Waals surface area contributed by atoms with Gasteiger partial charge in [0, 0.05) is 47.7 Å². The molecule has 2 fully saturated rings. The Labute approximate surface area is 224 Å². The van der Waals surface area contributed by atoms with Crippen LogP contribution in [-0.4, -0.2) is 36.6 Å². The van der Waals surface area contributed by atoms with E-state index in [4.69, 9.17) is 15.2 Å². The maximum Gasteiger partial charge on any atom is 0.411 e. The Balaban J connectivity index is 1.59. The number of nitrogens with one attached hydrogen (secondary N) is 1. The quantitative estimate of drug-likeness (QED) is 0.296. The molecule has 0 bridgehead atoms. The minimum Gasteiger partial charge on any atom is -0.494 e. The van der Waals surface area contributed by atoms with Crippen LogP contribution in [0.1, 0.15) is 64.5 Å². The van der Waals surface area contributed by atoms with E-state index in [0.29, 0.717) is 30.0 Å². The van der Waals surface area contributed by atoms with Gasteiger partial charge in [-0.2, -0.15) is 0 Å². The molecule has 200 valence electrons. The number of aromatic nitrogens is 1. The summed E-state index contributed by atoms with van der Waals surface area (Å²) in [5.41, 5.74) is 13.4. The third-order valence-electron chi connectivity index (χ3n) is 7.73. The van der Waals surface area contributed by atoms with Gasteiger partial charge >= 0.3 is 6.09 Å². The van der Waals surface area contributed by atoms with Gasteiger partial charge in [-0.05, 0) is 94.2 Å². The average Bonchev–Trinajstić information content (AvgIpc) is 3.67. The van der Waals surface area contributed by atoms with Gasteiger partial charge in [-0.25, -0.2) is 4.79 Å². The Kier molecular flexibility index (Phi) is 7.45. The largest absolute Gasteiger partial charge is 0.494 e. The zero-order valence-electron chi connectivity index (χ0n) is 22.8. The van der Waals surface area contributed by atoms with Crippen molar-refractivity contribution in [3.8, 4) is 17.0 Å². The first-order valence-corrected chi connectivity index (χ1v) is 13.7. The topological polar surface area (TPSA) is 90.9 Å². The molecule has 0 aliphatic heterocycles. The molecule has 1 aromatic heterocycles.